The lowest BCUT2D eigenvalue weighted by Gasteiger charge is -2.41. The molecular formula is C29H34N2O5. The molecule has 2 N–H and O–H groups in total. The van der Waals surface area contributed by atoms with E-state index in [2.05, 4.69) is 22.3 Å². The molecule has 2 aromatic carbocycles. The third-order valence-corrected chi connectivity index (χ3v) is 6.98. The molecule has 0 saturated carbocycles. The zero-order valence-corrected chi connectivity index (χ0v) is 21.0. The van der Waals surface area contributed by atoms with E-state index in [1.807, 2.05) is 42.5 Å². The molecule has 1 saturated heterocycles. The van der Waals surface area contributed by atoms with Gasteiger partial charge < -0.3 is 19.6 Å². The van der Waals surface area contributed by atoms with E-state index in [4.69, 9.17) is 9.15 Å². The van der Waals surface area contributed by atoms with E-state index < -0.39 is 10.8 Å². The van der Waals surface area contributed by atoms with Gasteiger partial charge in [0, 0.05) is 31.0 Å². The fourth-order valence-corrected chi connectivity index (χ4v) is 4.94. The number of amides is 1. The number of hydrogen-bond donors (Lipinski definition) is 2. The highest BCUT2D eigenvalue weighted by molar-refractivity contribution is 5.77. The number of aromatic hydroxyl groups is 1. The van der Waals surface area contributed by atoms with Crippen molar-refractivity contribution in [2.75, 3.05) is 26.7 Å². The maximum Gasteiger partial charge on any atom is 0.227 e. The van der Waals surface area contributed by atoms with Gasteiger partial charge in [-0.1, -0.05) is 42.5 Å². The first-order valence-corrected chi connectivity index (χ1v) is 12.4. The summed E-state index contributed by atoms with van der Waals surface area (Å²) in [5, 5.41) is 13.7. The average Bonchev–Trinajstić information content (AvgIpc) is 2.88. The number of nitrogens with one attached hydrogen (secondary N) is 1. The Morgan fingerprint density at radius 3 is 2.44 bits per heavy atom. The number of rotatable bonds is 9. The minimum atomic E-state index is -0.743. The van der Waals surface area contributed by atoms with Gasteiger partial charge in [-0.2, -0.15) is 0 Å². The summed E-state index contributed by atoms with van der Waals surface area (Å²) in [5.74, 6) is 0.950. The molecule has 2 heterocycles. The van der Waals surface area contributed by atoms with Crippen LogP contribution >= 0.6 is 0 Å². The quantitative estimate of drug-likeness (QED) is 0.472. The Kier molecular flexibility index (Phi) is 8.10. The smallest absolute Gasteiger partial charge is 0.227 e. The molecule has 0 unspecified atom stereocenters. The molecule has 0 bridgehead atoms. The summed E-state index contributed by atoms with van der Waals surface area (Å²) in [5.41, 5.74) is 1.11. The lowest BCUT2D eigenvalue weighted by Crippen LogP contribution is -2.45. The van der Waals surface area contributed by atoms with Gasteiger partial charge in [-0.05, 0) is 62.5 Å². The van der Waals surface area contributed by atoms with Crippen LogP contribution in [0.3, 0.4) is 0 Å². The van der Waals surface area contributed by atoms with Crippen LogP contribution in [0.5, 0.6) is 11.5 Å². The van der Waals surface area contributed by atoms with Crippen LogP contribution in [0, 0.1) is 6.92 Å². The van der Waals surface area contributed by atoms with Gasteiger partial charge in [0.15, 0.2) is 5.76 Å². The Balaban J connectivity index is 1.46. The summed E-state index contributed by atoms with van der Waals surface area (Å²) in [6.45, 7) is 4.45. The molecular weight excluding hydrogens is 456 g/mol. The monoisotopic (exact) mass is 490 g/mol. The van der Waals surface area contributed by atoms with Crippen molar-refractivity contribution in [2.45, 2.75) is 44.6 Å². The van der Waals surface area contributed by atoms with E-state index in [1.165, 1.54) is 11.6 Å². The molecule has 0 aliphatic carbocycles. The summed E-state index contributed by atoms with van der Waals surface area (Å²) in [7, 11) is 1.63. The van der Waals surface area contributed by atoms with Crippen molar-refractivity contribution in [3.05, 3.63) is 93.5 Å². The van der Waals surface area contributed by atoms with Crippen LogP contribution in [0.4, 0.5) is 0 Å². The average molecular weight is 491 g/mol. The molecule has 7 nitrogen and oxygen atoms in total. The molecule has 0 spiro atoms. The number of likely N-dealkylation sites (tertiary alicyclic amines) is 1. The van der Waals surface area contributed by atoms with E-state index in [0.29, 0.717) is 31.6 Å². The number of carbonyl (C=O) groups excluding carboxylic acids is 1. The lowest BCUT2D eigenvalue weighted by molar-refractivity contribution is -0.123. The molecule has 190 valence electrons. The standard InChI is InChI=1S/C29H34N2O5/c1-21-18-25(32)27(34)28(36-21)29(13-16-31(17-14-29)20-23-6-4-3-5-7-23)19-26(33)30-15-12-22-8-10-24(35-2)11-9-22/h3-11,18,34H,12-17,19-20H2,1-2H3,(H,30,33). The van der Waals surface area contributed by atoms with Crippen molar-refractivity contribution in [1.82, 2.24) is 10.2 Å². The van der Waals surface area contributed by atoms with Crippen LogP contribution in [0.15, 0.2) is 69.9 Å². The van der Waals surface area contributed by atoms with Crippen LogP contribution < -0.4 is 15.5 Å². The molecule has 3 aromatic rings. The van der Waals surface area contributed by atoms with E-state index in [0.717, 1.165) is 30.9 Å². The Labute approximate surface area is 211 Å². The van der Waals surface area contributed by atoms with Gasteiger partial charge in [0.2, 0.25) is 17.1 Å². The van der Waals surface area contributed by atoms with Crippen LogP contribution in [-0.4, -0.2) is 42.7 Å². The lowest BCUT2D eigenvalue weighted by atomic mass is 9.72. The second kappa shape index (κ2) is 11.4. The van der Waals surface area contributed by atoms with Crippen molar-refractivity contribution in [1.29, 1.82) is 0 Å². The maximum atomic E-state index is 13.1. The zero-order valence-electron chi connectivity index (χ0n) is 21.0. The molecule has 1 aliphatic rings. The maximum absolute atomic E-state index is 13.1. The van der Waals surface area contributed by atoms with Crippen molar-refractivity contribution < 1.29 is 19.1 Å². The highest BCUT2D eigenvalue weighted by atomic mass is 16.5. The SMILES string of the molecule is COc1ccc(CCNC(=O)CC2(c3oc(C)cc(=O)c3O)CCN(Cc3ccccc3)CC2)cc1. The van der Waals surface area contributed by atoms with Crippen LogP contribution in [0.25, 0.3) is 0 Å². The number of carbonyl (C=O) groups is 1. The minimum absolute atomic E-state index is 0.122. The summed E-state index contributed by atoms with van der Waals surface area (Å²) in [6, 6.07) is 19.3. The Hall–Kier alpha value is -3.58. The second-order valence-electron chi connectivity index (χ2n) is 9.57. The predicted molar refractivity (Wildman–Crippen MR) is 138 cm³/mol. The largest absolute Gasteiger partial charge is 0.502 e. The van der Waals surface area contributed by atoms with Gasteiger partial charge in [-0.15, -0.1) is 0 Å². The first-order chi connectivity index (χ1) is 17.4. The van der Waals surface area contributed by atoms with Gasteiger partial charge in [0.25, 0.3) is 0 Å². The Morgan fingerprint density at radius 1 is 1.08 bits per heavy atom. The number of ether oxygens (including phenoxy) is 1. The fraction of sp³-hybridized carbons (Fsp3) is 0.379. The molecule has 1 aromatic heterocycles. The molecule has 1 amide bonds. The Morgan fingerprint density at radius 2 is 1.78 bits per heavy atom. The third kappa shape index (κ3) is 6.15. The molecule has 36 heavy (non-hydrogen) atoms. The number of methoxy groups -OCH3 is 1. The summed E-state index contributed by atoms with van der Waals surface area (Å²) in [6.07, 6.45) is 2.05. The number of nitrogens with zero attached hydrogens (tertiary/aromatic N) is 1. The molecule has 0 atom stereocenters. The third-order valence-electron chi connectivity index (χ3n) is 6.98. The van der Waals surface area contributed by atoms with Gasteiger partial charge in [-0.25, -0.2) is 0 Å². The van der Waals surface area contributed by atoms with Gasteiger partial charge in [0.1, 0.15) is 11.5 Å². The van der Waals surface area contributed by atoms with Crippen molar-refractivity contribution in [2.24, 2.45) is 0 Å². The van der Waals surface area contributed by atoms with Gasteiger partial charge >= 0.3 is 0 Å². The summed E-state index contributed by atoms with van der Waals surface area (Å²) < 4.78 is 11.1. The van der Waals surface area contributed by atoms with Crippen molar-refractivity contribution in [3.8, 4) is 11.5 Å². The first kappa shape index (κ1) is 25.5. The predicted octanol–water partition coefficient (Wildman–Crippen LogP) is 3.95. The molecule has 4 rings (SSSR count). The van der Waals surface area contributed by atoms with Crippen molar-refractivity contribution in [3.63, 3.8) is 0 Å². The highest BCUT2D eigenvalue weighted by Gasteiger charge is 2.43. The molecule has 0 radical (unpaired) electrons. The van der Waals surface area contributed by atoms with Crippen LogP contribution in [-0.2, 0) is 23.2 Å². The van der Waals surface area contributed by atoms with Crippen LogP contribution in [0.1, 0.15) is 41.9 Å². The van der Waals surface area contributed by atoms with Crippen LogP contribution in [0.2, 0.25) is 0 Å². The van der Waals surface area contributed by atoms with Gasteiger partial charge in [-0.3, -0.25) is 14.5 Å². The number of benzene rings is 2. The van der Waals surface area contributed by atoms with Crippen molar-refractivity contribution >= 4 is 5.91 Å². The molecule has 1 aliphatic heterocycles. The van der Waals surface area contributed by atoms with E-state index in [1.54, 1.807) is 14.0 Å². The topological polar surface area (TPSA) is 92.0 Å². The number of hydrogen-bond acceptors (Lipinski definition) is 6. The molecule has 7 heteroatoms. The minimum Gasteiger partial charge on any atom is -0.502 e. The van der Waals surface area contributed by atoms with E-state index in [-0.39, 0.29) is 23.8 Å². The van der Waals surface area contributed by atoms with E-state index >= 15 is 0 Å². The summed E-state index contributed by atoms with van der Waals surface area (Å²) in [4.78, 5) is 27.8. The highest BCUT2D eigenvalue weighted by Crippen LogP contribution is 2.42. The number of aryl methyl sites for hydroxylation is 1. The summed E-state index contributed by atoms with van der Waals surface area (Å²) >= 11 is 0. The van der Waals surface area contributed by atoms with E-state index in [9.17, 15) is 14.7 Å². The van der Waals surface area contributed by atoms with Gasteiger partial charge in [0.05, 0.1) is 7.11 Å². The zero-order chi connectivity index (χ0) is 25.5. The first-order valence-electron chi connectivity index (χ1n) is 12.4. The Bertz CT molecular complexity index is 1210. The number of piperidine rings is 1. The normalized spacial score (nSPS) is 15.4. The second-order valence-corrected chi connectivity index (χ2v) is 9.57. The molecule has 1 fully saturated rings. The fourth-order valence-electron chi connectivity index (χ4n) is 4.94.